The molecule has 1 aromatic rings. The minimum absolute atomic E-state index is 0.0294. The van der Waals surface area contributed by atoms with E-state index in [9.17, 15) is 14.4 Å². The quantitative estimate of drug-likeness (QED) is 0.636. The standard InChI is InChI=1S/C22H25NO5/c1-12-18(21(26)27-5)19(14-6-8-15(9-7-14)28-13(2)24)20-16(23-12)10-22(3,4)11-17(20)25/h6-9,19,23H,10-11H2,1-5H3/t19-/m0/s1. The van der Waals surface area contributed by atoms with Crippen molar-refractivity contribution in [2.45, 2.75) is 46.5 Å². The van der Waals surface area contributed by atoms with Crippen LogP contribution in [0.25, 0.3) is 0 Å². The number of Topliss-reactive ketones (excluding diaryl/α,β-unsaturated/α-hetero) is 1. The number of methoxy groups -OCH3 is 1. The number of nitrogens with one attached hydrogen (secondary N) is 1. The number of allylic oxidation sites excluding steroid dienone is 3. The molecule has 1 aliphatic carbocycles. The molecule has 1 aliphatic heterocycles. The zero-order valence-corrected chi connectivity index (χ0v) is 16.8. The van der Waals surface area contributed by atoms with Gasteiger partial charge in [0.1, 0.15) is 5.75 Å². The van der Waals surface area contributed by atoms with Crippen LogP contribution < -0.4 is 10.1 Å². The summed E-state index contributed by atoms with van der Waals surface area (Å²) < 4.78 is 10.1. The Morgan fingerprint density at radius 2 is 1.79 bits per heavy atom. The van der Waals surface area contributed by atoms with Crippen LogP contribution in [0.15, 0.2) is 46.8 Å². The molecule has 0 radical (unpaired) electrons. The van der Waals surface area contributed by atoms with E-state index < -0.39 is 17.9 Å². The summed E-state index contributed by atoms with van der Waals surface area (Å²) in [6.07, 6.45) is 1.14. The van der Waals surface area contributed by atoms with Gasteiger partial charge in [0.25, 0.3) is 0 Å². The SMILES string of the molecule is COC(=O)C1=C(C)NC2=C(C(=O)CC(C)(C)C2)[C@H]1c1ccc(OC(C)=O)cc1. The van der Waals surface area contributed by atoms with Crippen LogP contribution >= 0.6 is 0 Å². The number of benzene rings is 1. The fourth-order valence-electron chi connectivity index (χ4n) is 4.04. The van der Waals surface area contributed by atoms with Crippen molar-refractivity contribution in [3.63, 3.8) is 0 Å². The predicted octanol–water partition coefficient (Wildman–Crippen LogP) is 3.39. The Labute approximate surface area is 164 Å². The van der Waals surface area contributed by atoms with E-state index in [2.05, 4.69) is 19.2 Å². The number of ketones is 1. The highest BCUT2D eigenvalue weighted by Gasteiger charge is 2.42. The number of dihydropyridines is 1. The normalized spacial score (nSPS) is 21.0. The third kappa shape index (κ3) is 3.72. The third-order valence-corrected chi connectivity index (χ3v) is 5.12. The molecule has 1 N–H and O–H groups in total. The highest BCUT2D eigenvalue weighted by molar-refractivity contribution is 6.04. The van der Waals surface area contributed by atoms with E-state index in [0.29, 0.717) is 29.0 Å². The van der Waals surface area contributed by atoms with E-state index in [1.54, 1.807) is 24.3 Å². The zero-order chi connectivity index (χ0) is 20.6. The molecule has 0 fully saturated rings. The average molecular weight is 383 g/mol. The summed E-state index contributed by atoms with van der Waals surface area (Å²) >= 11 is 0. The second-order valence-corrected chi connectivity index (χ2v) is 8.08. The number of rotatable bonds is 3. The molecule has 1 atom stereocenters. The van der Waals surface area contributed by atoms with Crippen LogP contribution in [0.3, 0.4) is 0 Å². The van der Waals surface area contributed by atoms with Gasteiger partial charge in [-0.2, -0.15) is 0 Å². The number of hydrogen-bond donors (Lipinski definition) is 1. The Kier molecular flexibility index (Phi) is 5.15. The van der Waals surface area contributed by atoms with E-state index in [1.807, 2.05) is 6.92 Å². The summed E-state index contributed by atoms with van der Waals surface area (Å²) in [5.74, 6) is -0.949. The number of esters is 2. The van der Waals surface area contributed by atoms with Gasteiger partial charge in [-0.3, -0.25) is 9.59 Å². The fraction of sp³-hybridized carbons (Fsp3) is 0.409. The first-order valence-electron chi connectivity index (χ1n) is 9.23. The van der Waals surface area contributed by atoms with Crippen molar-refractivity contribution in [1.82, 2.24) is 5.32 Å². The van der Waals surface area contributed by atoms with Crippen LogP contribution in [-0.4, -0.2) is 24.8 Å². The van der Waals surface area contributed by atoms with E-state index in [4.69, 9.17) is 9.47 Å². The lowest BCUT2D eigenvalue weighted by molar-refractivity contribution is -0.136. The molecule has 0 saturated heterocycles. The molecule has 28 heavy (non-hydrogen) atoms. The Balaban J connectivity index is 2.12. The molecular formula is C22H25NO5. The largest absolute Gasteiger partial charge is 0.466 e. The number of ether oxygens (including phenoxy) is 2. The fourth-order valence-corrected chi connectivity index (χ4v) is 4.04. The summed E-state index contributed by atoms with van der Waals surface area (Å²) in [6.45, 7) is 7.28. The first-order valence-corrected chi connectivity index (χ1v) is 9.23. The van der Waals surface area contributed by atoms with Gasteiger partial charge in [0.15, 0.2) is 5.78 Å². The molecule has 6 nitrogen and oxygen atoms in total. The lowest BCUT2D eigenvalue weighted by Crippen LogP contribution is -2.38. The minimum atomic E-state index is -0.515. The Hall–Kier alpha value is -2.89. The lowest BCUT2D eigenvalue weighted by Gasteiger charge is -2.39. The van der Waals surface area contributed by atoms with Crippen molar-refractivity contribution in [2.75, 3.05) is 7.11 Å². The number of carbonyl (C=O) groups is 3. The van der Waals surface area contributed by atoms with Crippen molar-refractivity contribution < 1.29 is 23.9 Å². The monoisotopic (exact) mass is 383 g/mol. The van der Waals surface area contributed by atoms with Crippen LogP contribution in [0, 0.1) is 5.41 Å². The molecule has 2 aliphatic rings. The van der Waals surface area contributed by atoms with E-state index in [1.165, 1.54) is 14.0 Å². The molecule has 148 valence electrons. The Bertz CT molecular complexity index is 905. The van der Waals surface area contributed by atoms with Gasteiger partial charge in [0.2, 0.25) is 0 Å². The molecule has 0 saturated carbocycles. The molecule has 0 spiro atoms. The first-order chi connectivity index (χ1) is 13.1. The van der Waals surface area contributed by atoms with E-state index in [0.717, 1.165) is 17.7 Å². The maximum Gasteiger partial charge on any atom is 0.336 e. The lowest BCUT2D eigenvalue weighted by atomic mass is 9.68. The van der Waals surface area contributed by atoms with Crippen LogP contribution in [-0.2, 0) is 19.1 Å². The van der Waals surface area contributed by atoms with Crippen LogP contribution in [0.5, 0.6) is 5.75 Å². The summed E-state index contributed by atoms with van der Waals surface area (Å²) in [7, 11) is 1.33. The zero-order valence-electron chi connectivity index (χ0n) is 16.8. The first kappa shape index (κ1) is 19.9. The smallest absolute Gasteiger partial charge is 0.336 e. The summed E-state index contributed by atoms with van der Waals surface area (Å²) in [5, 5.41) is 3.28. The maximum absolute atomic E-state index is 13.1. The topological polar surface area (TPSA) is 81.7 Å². The van der Waals surface area contributed by atoms with E-state index in [-0.39, 0.29) is 11.2 Å². The second kappa shape index (κ2) is 7.26. The molecule has 0 bridgehead atoms. The maximum atomic E-state index is 13.1. The minimum Gasteiger partial charge on any atom is -0.466 e. The van der Waals surface area contributed by atoms with Gasteiger partial charge in [0, 0.05) is 36.2 Å². The van der Waals surface area contributed by atoms with Crippen LogP contribution in [0.1, 0.15) is 52.0 Å². The average Bonchev–Trinajstić information content (AvgIpc) is 2.59. The van der Waals surface area contributed by atoms with Crippen LogP contribution in [0.4, 0.5) is 0 Å². The second-order valence-electron chi connectivity index (χ2n) is 8.08. The molecule has 1 heterocycles. The van der Waals surface area contributed by atoms with Crippen molar-refractivity contribution in [1.29, 1.82) is 0 Å². The highest BCUT2D eigenvalue weighted by Crippen LogP contribution is 2.46. The van der Waals surface area contributed by atoms with Crippen molar-refractivity contribution in [3.8, 4) is 5.75 Å². The number of hydrogen-bond acceptors (Lipinski definition) is 6. The highest BCUT2D eigenvalue weighted by atomic mass is 16.5. The third-order valence-electron chi connectivity index (χ3n) is 5.12. The van der Waals surface area contributed by atoms with Gasteiger partial charge in [-0.15, -0.1) is 0 Å². The van der Waals surface area contributed by atoms with Gasteiger partial charge in [-0.25, -0.2) is 4.79 Å². The number of carbonyl (C=O) groups excluding carboxylic acids is 3. The summed E-state index contributed by atoms with van der Waals surface area (Å²) in [6, 6.07) is 6.89. The van der Waals surface area contributed by atoms with Crippen molar-refractivity contribution >= 4 is 17.7 Å². The van der Waals surface area contributed by atoms with Gasteiger partial charge < -0.3 is 14.8 Å². The summed E-state index contributed by atoms with van der Waals surface area (Å²) in [4.78, 5) is 36.8. The van der Waals surface area contributed by atoms with Crippen molar-refractivity contribution in [3.05, 3.63) is 52.4 Å². The van der Waals surface area contributed by atoms with Crippen LogP contribution in [0.2, 0.25) is 0 Å². The molecule has 0 unspecified atom stereocenters. The molecule has 1 aromatic carbocycles. The molecule has 3 rings (SSSR count). The molecular weight excluding hydrogens is 358 g/mol. The Morgan fingerprint density at radius 3 is 2.36 bits per heavy atom. The van der Waals surface area contributed by atoms with Gasteiger partial charge >= 0.3 is 11.9 Å². The molecule has 0 aromatic heterocycles. The van der Waals surface area contributed by atoms with Gasteiger partial charge in [0.05, 0.1) is 12.7 Å². The Morgan fingerprint density at radius 1 is 1.14 bits per heavy atom. The molecule has 0 amide bonds. The summed E-state index contributed by atoms with van der Waals surface area (Å²) in [5.41, 5.74) is 3.22. The van der Waals surface area contributed by atoms with Gasteiger partial charge in [-0.1, -0.05) is 26.0 Å². The predicted molar refractivity (Wildman–Crippen MR) is 103 cm³/mol. The van der Waals surface area contributed by atoms with Gasteiger partial charge in [-0.05, 0) is 36.5 Å². The van der Waals surface area contributed by atoms with E-state index >= 15 is 0 Å². The molecule has 6 heteroatoms. The van der Waals surface area contributed by atoms with Crippen molar-refractivity contribution in [2.24, 2.45) is 5.41 Å².